The average Bonchev–Trinajstić information content (AvgIpc) is 3.17. The van der Waals surface area contributed by atoms with Crippen LogP contribution in [0.4, 0.5) is 0 Å². The smallest absolute Gasteiger partial charge is 0.255 e. The highest BCUT2D eigenvalue weighted by molar-refractivity contribution is 5.98. The molecule has 0 saturated heterocycles. The topological polar surface area (TPSA) is 80.8 Å². The van der Waals surface area contributed by atoms with E-state index in [0.29, 0.717) is 30.2 Å². The van der Waals surface area contributed by atoms with Crippen molar-refractivity contribution in [2.75, 3.05) is 14.2 Å². The Bertz CT molecular complexity index is 1120. The van der Waals surface area contributed by atoms with Gasteiger partial charge in [0.2, 0.25) is 5.91 Å². The number of hydrogen-bond donors (Lipinski definition) is 1. The van der Waals surface area contributed by atoms with E-state index in [2.05, 4.69) is 10.3 Å². The molecule has 2 amide bonds. The fourth-order valence-electron chi connectivity index (χ4n) is 3.94. The maximum Gasteiger partial charge on any atom is 0.255 e. The fourth-order valence-corrected chi connectivity index (χ4v) is 3.94. The molecule has 1 aromatic heterocycles. The number of rotatable bonds is 8. The van der Waals surface area contributed by atoms with Crippen molar-refractivity contribution >= 4 is 11.8 Å². The Hall–Kier alpha value is -3.87. The van der Waals surface area contributed by atoms with Gasteiger partial charge in [-0.2, -0.15) is 0 Å². The third-order valence-corrected chi connectivity index (χ3v) is 5.59. The molecule has 1 atom stereocenters. The molecule has 2 heterocycles. The molecular formula is C25H25N3O4. The Balaban J connectivity index is 1.60. The lowest BCUT2D eigenvalue weighted by Gasteiger charge is -2.28. The molecule has 7 nitrogen and oxygen atoms in total. The zero-order valence-corrected chi connectivity index (χ0v) is 18.1. The molecule has 0 radical (unpaired) electrons. The summed E-state index contributed by atoms with van der Waals surface area (Å²) in [6, 6.07) is 18.1. The maximum atomic E-state index is 13.2. The van der Waals surface area contributed by atoms with Gasteiger partial charge in [-0.15, -0.1) is 0 Å². The van der Waals surface area contributed by atoms with Crippen LogP contribution in [-0.2, 0) is 17.9 Å². The molecule has 4 rings (SSSR count). The van der Waals surface area contributed by atoms with Gasteiger partial charge < -0.3 is 19.7 Å². The molecule has 1 aliphatic rings. The number of carbonyl (C=O) groups excluding carboxylic acids is 2. The van der Waals surface area contributed by atoms with Crippen LogP contribution in [0.5, 0.6) is 11.5 Å². The van der Waals surface area contributed by atoms with Crippen LogP contribution in [0.25, 0.3) is 0 Å². The van der Waals surface area contributed by atoms with Crippen LogP contribution >= 0.6 is 0 Å². The molecule has 0 unspecified atom stereocenters. The highest BCUT2D eigenvalue weighted by Gasteiger charge is 2.34. The first-order valence-electron chi connectivity index (χ1n) is 10.4. The molecule has 0 saturated carbocycles. The van der Waals surface area contributed by atoms with Crippen LogP contribution < -0.4 is 14.8 Å². The molecular weight excluding hydrogens is 406 g/mol. The number of hydrogen-bond acceptors (Lipinski definition) is 5. The van der Waals surface area contributed by atoms with E-state index in [9.17, 15) is 9.59 Å². The molecule has 1 N–H and O–H groups in total. The van der Waals surface area contributed by atoms with Crippen molar-refractivity contribution in [2.45, 2.75) is 25.6 Å². The lowest BCUT2D eigenvalue weighted by Crippen LogP contribution is -2.34. The fraction of sp³-hybridized carbons (Fsp3) is 0.240. The van der Waals surface area contributed by atoms with E-state index in [4.69, 9.17) is 9.47 Å². The third-order valence-electron chi connectivity index (χ3n) is 5.59. The van der Waals surface area contributed by atoms with Crippen molar-refractivity contribution in [1.82, 2.24) is 15.2 Å². The Morgan fingerprint density at radius 1 is 1.06 bits per heavy atom. The molecule has 0 bridgehead atoms. The zero-order valence-electron chi connectivity index (χ0n) is 18.1. The summed E-state index contributed by atoms with van der Waals surface area (Å²) in [6.07, 6.45) is 1.80. The predicted molar refractivity (Wildman–Crippen MR) is 119 cm³/mol. The van der Waals surface area contributed by atoms with Gasteiger partial charge in [-0.3, -0.25) is 14.6 Å². The summed E-state index contributed by atoms with van der Waals surface area (Å²) in [5.74, 6) is 0.885. The minimum Gasteiger partial charge on any atom is -0.493 e. The van der Waals surface area contributed by atoms with Gasteiger partial charge in [0.1, 0.15) is 0 Å². The van der Waals surface area contributed by atoms with Gasteiger partial charge in [-0.05, 0) is 41.5 Å². The SMILES string of the molecule is COc1ccc([C@H](CC(=O)NCc2ccccn2)N2Cc3ccccc3C2=O)cc1OC. The molecule has 0 aliphatic carbocycles. The van der Waals surface area contributed by atoms with E-state index in [1.165, 1.54) is 0 Å². The molecule has 7 heteroatoms. The van der Waals surface area contributed by atoms with Gasteiger partial charge in [0.25, 0.3) is 5.91 Å². The molecule has 0 spiro atoms. The average molecular weight is 431 g/mol. The zero-order chi connectivity index (χ0) is 22.5. The van der Waals surface area contributed by atoms with Crippen molar-refractivity contribution in [1.29, 1.82) is 0 Å². The second kappa shape index (κ2) is 9.51. The standard InChI is InChI=1S/C25H25N3O4/c1-31-22-11-10-17(13-23(22)32-2)21(14-24(29)27-15-19-8-5-6-12-26-19)28-16-18-7-3-4-9-20(18)25(28)30/h3-13,21H,14-16H2,1-2H3,(H,27,29)/t21-/m0/s1. The Kier molecular flexibility index (Phi) is 6.35. The Labute approximate surface area is 187 Å². The van der Waals surface area contributed by atoms with Gasteiger partial charge in [-0.25, -0.2) is 0 Å². The summed E-state index contributed by atoms with van der Waals surface area (Å²) in [5, 5.41) is 2.91. The van der Waals surface area contributed by atoms with E-state index in [-0.39, 0.29) is 18.2 Å². The first-order chi connectivity index (χ1) is 15.6. The number of fused-ring (bicyclic) bond motifs is 1. The number of methoxy groups -OCH3 is 2. The van der Waals surface area contributed by atoms with Crippen molar-refractivity contribution in [3.8, 4) is 11.5 Å². The number of pyridine rings is 1. The quantitative estimate of drug-likeness (QED) is 0.590. The molecule has 2 aromatic carbocycles. The number of benzene rings is 2. The molecule has 0 fully saturated rings. The third kappa shape index (κ3) is 4.42. The summed E-state index contributed by atoms with van der Waals surface area (Å²) in [4.78, 5) is 32.0. The van der Waals surface area contributed by atoms with Crippen LogP contribution in [0.1, 0.15) is 39.6 Å². The number of amides is 2. The van der Waals surface area contributed by atoms with Crippen LogP contribution in [0.2, 0.25) is 0 Å². The lowest BCUT2D eigenvalue weighted by atomic mass is 10.0. The minimum atomic E-state index is -0.460. The van der Waals surface area contributed by atoms with E-state index >= 15 is 0 Å². The monoisotopic (exact) mass is 431 g/mol. The summed E-state index contributed by atoms with van der Waals surface area (Å²) < 4.78 is 10.8. The summed E-state index contributed by atoms with van der Waals surface area (Å²) in [5.41, 5.74) is 3.20. The summed E-state index contributed by atoms with van der Waals surface area (Å²) in [6.45, 7) is 0.772. The van der Waals surface area contributed by atoms with Gasteiger partial charge in [0.05, 0.1) is 38.9 Å². The largest absolute Gasteiger partial charge is 0.493 e. The van der Waals surface area contributed by atoms with Gasteiger partial charge >= 0.3 is 0 Å². The molecule has 1 aliphatic heterocycles. The number of aromatic nitrogens is 1. The van der Waals surface area contributed by atoms with Crippen molar-refractivity contribution in [3.05, 3.63) is 89.2 Å². The van der Waals surface area contributed by atoms with E-state index in [1.807, 2.05) is 54.6 Å². The van der Waals surface area contributed by atoms with Gasteiger partial charge in [0, 0.05) is 18.3 Å². The second-order valence-electron chi connectivity index (χ2n) is 7.52. The maximum absolute atomic E-state index is 13.2. The lowest BCUT2D eigenvalue weighted by molar-refractivity contribution is -0.122. The van der Waals surface area contributed by atoms with Crippen LogP contribution in [-0.4, -0.2) is 35.9 Å². The first kappa shape index (κ1) is 21.4. The number of nitrogens with zero attached hydrogens (tertiary/aromatic N) is 2. The predicted octanol–water partition coefficient (Wildman–Crippen LogP) is 3.50. The van der Waals surface area contributed by atoms with Crippen LogP contribution in [0.15, 0.2) is 66.9 Å². The van der Waals surface area contributed by atoms with Crippen LogP contribution in [0.3, 0.4) is 0 Å². The highest BCUT2D eigenvalue weighted by Crippen LogP contribution is 2.37. The summed E-state index contributed by atoms with van der Waals surface area (Å²) in [7, 11) is 3.13. The minimum absolute atomic E-state index is 0.0853. The molecule has 164 valence electrons. The number of nitrogens with one attached hydrogen (secondary N) is 1. The Morgan fingerprint density at radius 2 is 1.84 bits per heavy atom. The van der Waals surface area contributed by atoms with Gasteiger partial charge in [-0.1, -0.05) is 30.3 Å². The van der Waals surface area contributed by atoms with Gasteiger partial charge in [0.15, 0.2) is 11.5 Å². The van der Waals surface area contributed by atoms with Crippen molar-refractivity contribution < 1.29 is 19.1 Å². The molecule has 3 aromatic rings. The number of carbonyl (C=O) groups is 2. The van der Waals surface area contributed by atoms with Crippen LogP contribution in [0, 0.1) is 0 Å². The van der Waals surface area contributed by atoms with E-state index in [1.54, 1.807) is 31.4 Å². The van der Waals surface area contributed by atoms with E-state index < -0.39 is 6.04 Å². The Morgan fingerprint density at radius 3 is 2.56 bits per heavy atom. The van der Waals surface area contributed by atoms with Crippen molar-refractivity contribution in [3.63, 3.8) is 0 Å². The molecule has 32 heavy (non-hydrogen) atoms. The normalized spacial score (nSPS) is 13.4. The second-order valence-corrected chi connectivity index (χ2v) is 7.52. The van der Waals surface area contributed by atoms with Crippen molar-refractivity contribution in [2.24, 2.45) is 0 Å². The van der Waals surface area contributed by atoms with E-state index in [0.717, 1.165) is 16.8 Å². The number of ether oxygens (including phenoxy) is 2. The first-order valence-corrected chi connectivity index (χ1v) is 10.4. The summed E-state index contributed by atoms with van der Waals surface area (Å²) >= 11 is 0. The highest BCUT2D eigenvalue weighted by atomic mass is 16.5.